The summed E-state index contributed by atoms with van der Waals surface area (Å²) in [5, 5.41) is 16.0. The lowest BCUT2D eigenvalue weighted by molar-refractivity contribution is 0.179. The van der Waals surface area contributed by atoms with Crippen molar-refractivity contribution in [3.05, 3.63) is 0 Å². The first-order valence-corrected chi connectivity index (χ1v) is 4.50. The van der Waals surface area contributed by atoms with E-state index in [9.17, 15) is 5.11 Å². The molecule has 0 saturated carbocycles. The van der Waals surface area contributed by atoms with Crippen LogP contribution in [-0.4, -0.2) is 28.3 Å². The average molecular weight is 175 g/mol. The summed E-state index contributed by atoms with van der Waals surface area (Å²) in [6.45, 7) is 4.40. The van der Waals surface area contributed by atoms with Gasteiger partial charge in [-0.05, 0) is 13.8 Å². The van der Waals surface area contributed by atoms with Gasteiger partial charge in [0.25, 0.3) is 0 Å². The summed E-state index contributed by atoms with van der Waals surface area (Å²) in [6.07, 6.45) is 0. The van der Waals surface area contributed by atoms with Crippen molar-refractivity contribution in [3.63, 3.8) is 0 Å². The summed E-state index contributed by atoms with van der Waals surface area (Å²) >= 11 is 1.51. The Morgan fingerprint density at radius 2 is 2.36 bits per heavy atom. The summed E-state index contributed by atoms with van der Waals surface area (Å²) in [7, 11) is 0. The molecule has 1 heterocycles. The molecule has 0 spiro atoms. The zero-order chi connectivity index (χ0) is 8.32. The molecule has 1 aliphatic rings. The monoisotopic (exact) mass is 175 g/mol. The molecular weight excluding hydrogens is 162 g/mol. The number of hydrogen-bond donors (Lipinski definition) is 3. The first kappa shape index (κ1) is 8.67. The summed E-state index contributed by atoms with van der Waals surface area (Å²) in [5.41, 5.74) is 2.69. The SMILES string of the molecule is CC(C)(O)SCCNC1=NN1. The Labute approximate surface area is 70.4 Å². The highest BCUT2D eigenvalue weighted by Gasteiger charge is 2.12. The molecule has 3 N–H and O–H groups in total. The number of aliphatic hydroxyl groups is 1. The van der Waals surface area contributed by atoms with E-state index in [0.717, 1.165) is 18.3 Å². The standard InChI is InChI=1S/C6H13N3OS/c1-6(2,10)11-4-3-7-5-8-9-5/h10H,3-4H2,1-2H3,(H2,7,8,9). The van der Waals surface area contributed by atoms with Gasteiger partial charge in [-0.1, -0.05) is 0 Å². The van der Waals surface area contributed by atoms with E-state index in [0.29, 0.717) is 0 Å². The van der Waals surface area contributed by atoms with Crippen LogP contribution in [0.5, 0.6) is 0 Å². The molecule has 0 amide bonds. The third kappa shape index (κ3) is 4.92. The van der Waals surface area contributed by atoms with E-state index in [-0.39, 0.29) is 0 Å². The van der Waals surface area contributed by atoms with Crippen LogP contribution in [0, 0.1) is 0 Å². The second-order valence-electron chi connectivity index (χ2n) is 2.79. The zero-order valence-corrected chi connectivity index (χ0v) is 7.53. The van der Waals surface area contributed by atoms with Gasteiger partial charge in [-0.25, -0.2) is 5.43 Å². The fourth-order valence-electron chi connectivity index (χ4n) is 0.577. The number of hydrogen-bond acceptors (Lipinski definition) is 5. The molecule has 0 aliphatic carbocycles. The van der Waals surface area contributed by atoms with Crippen LogP contribution in [0.2, 0.25) is 0 Å². The molecule has 1 aliphatic heterocycles. The van der Waals surface area contributed by atoms with E-state index < -0.39 is 4.93 Å². The van der Waals surface area contributed by atoms with Crippen molar-refractivity contribution in [1.82, 2.24) is 10.7 Å². The van der Waals surface area contributed by atoms with E-state index in [1.807, 2.05) is 0 Å². The summed E-state index contributed by atoms with van der Waals surface area (Å²) in [6, 6.07) is 0. The molecular formula is C6H13N3OS. The third-order valence-corrected chi connectivity index (χ3v) is 2.19. The maximum Gasteiger partial charge on any atom is 0.234 e. The number of thioether (sulfide) groups is 1. The Morgan fingerprint density at radius 1 is 1.73 bits per heavy atom. The van der Waals surface area contributed by atoms with E-state index in [1.54, 1.807) is 13.8 Å². The second-order valence-corrected chi connectivity index (χ2v) is 4.49. The average Bonchev–Trinajstić information content (AvgIpc) is 2.60. The maximum atomic E-state index is 9.29. The molecule has 0 unspecified atom stereocenters. The minimum Gasteiger partial charge on any atom is -0.380 e. The summed E-state index contributed by atoms with van der Waals surface area (Å²) in [5.74, 6) is 1.73. The van der Waals surface area contributed by atoms with Crippen LogP contribution < -0.4 is 10.7 Å². The van der Waals surface area contributed by atoms with Crippen molar-refractivity contribution in [2.24, 2.45) is 5.10 Å². The first-order chi connectivity index (χ1) is 5.08. The molecule has 0 radical (unpaired) electrons. The summed E-state index contributed by atoms with van der Waals surface area (Å²) < 4.78 is 0. The highest BCUT2D eigenvalue weighted by molar-refractivity contribution is 8.00. The molecule has 1 rings (SSSR count). The van der Waals surface area contributed by atoms with Crippen LogP contribution in [0.3, 0.4) is 0 Å². The predicted molar refractivity (Wildman–Crippen MR) is 47.3 cm³/mol. The van der Waals surface area contributed by atoms with Gasteiger partial charge in [0.15, 0.2) is 0 Å². The molecule has 0 aromatic carbocycles. The molecule has 64 valence electrons. The lowest BCUT2D eigenvalue weighted by Crippen LogP contribution is -2.24. The fourth-order valence-corrected chi connectivity index (χ4v) is 1.28. The van der Waals surface area contributed by atoms with E-state index >= 15 is 0 Å². The van der Waals surface area contributed by atoms with Gasteiger partial charge in [0, 0.05) is 12.3 Å². The van der Waals surface area contributed by atoms with E-state index in [2.05, 4.69) is 15.8 Å². The highest BCUT2D eigenvalue weighted by atomic mass is 32.2. The Balaban J connectivity index is 1.91. The van der Waals surface area contributed by atoms with E-state index in [4.69, 9.17) is 0 Å². The number of guanidine groups is 1. The first-order valence-electron chi connectivity index (χ1n) is 3.52. The molecule has 11 heavy (non-hydrogen) atoms. The molecule has 0 aromatic rings. The van der Waals surface area contributed by atoms with Gasteiger partial charge in [0.05, 0.1) is 0 Å². The van der Waals surface area contributed by atoms with Gasteiger partial charge in [-0.15, -0.1) is 16.9 Å². The van der Waals surface area contributed by atoms with Gasteiger partial charge >= 0.3 is 0 Å². The topological polar surface area (TPSA) is 66.6 Å². The van der Waals surface area contributed by atoms with Crippen molar-refractivity contribution in [1.29, 1.82) is 0 Å². The van der Waals surface area contributed by atoms with Gasteiger partial charge in [-0.3, -0.25) is 0 Å². The lowest BCUT2D eigenvalue weighted by atomic mass is 10.5. The number of nitrogens with zero attached hydrogens (tertiary/aromatic N) is 1. The van der Waals surface area contributed by atoms with Crippen LogP contribution in [0.4, 0.5) is 0 Å². The number of rotatable bonds is 4. The van der Waals surface area contributed by atoms with Crippen molar-refractivity contribution in [2.75, 3.05) is 12.3 Å². The quantitative estimate of drug-likeness (QED) is 0.413. The van der Waals surface area contributed by atoms with Crippen LogP contribution in [0.15, 0.2) is 5.10 Å². The van der Waals surface area contributed by atoms with Gasteiger partial charge in [0.1, 0.15) is 4.93 Å². The van der Waals surface area contributed by atoms with Crippen LogP contribution in [0.1, 0.15) is 13.8 Å². The van der Waals surface area contributed by atoms with Gasteiger partial charge in [0.2, 0.25) is 5.96 Å². The summed E-state index contributed by atoms with van der Waals surface area (Å²) in [4.78, 5) is -0.625. The molecule has 4 nitrogen and oxygen atoms in total. The fraction of sp³-hybridized carbons (Fsp3) is 0.833. The Kier molecular flexibility index (Phi) is 2.62. The molecule has 0 saturated heterocycles. The molecule has 5 heteroatoms. The largest absolute Gasteiger partial charge is 0.380 e. The number of nitrogens with one attached hydrogen (secondary N) is 2. The van der Waals surface area contributed by atoms with Crippen molar-refractivity contribution in [3.8, 4) is 0 Å². The third-order valence-electron chi connectivity index (χ3n) is 1.07. The highest BCUT2D eigenvalue weighted by Crippen LogP contribution is 2.19. The van der Waals surface area contributed by atoms with Gasteiger partial charge in [-0.2, -0.15) is 0 Å². The Bertz CT molecular complexity index is 164. The zero-order valence-electron chi connectivity index (χ0n) is 6.72. The normalized spacial score (nSPS) is 15.4. The molecule has 0 atom stereocenters. The maximum absolute atomic E-state index is 9.29. The van der Waals surface area contributed by atoms with Crippen molar-refractivity contribution in [2.45, 2.75) is 18.8 Å². The molecule has 0 fully saturated rings. The van der Waals surface area contributed by atoms with Crippen LogP contribution in [-0.2, 0) is 0 Å². The molecule has 0 bridgehead atoms. The van der Waals surface area contributed by atoms with Crippen molar-refractivity contribution >= 4 is 17.7 Å². The Hall–Kier alpha value is -0.420. The minimum absolute atomic E-state index is 0.625. The van der Waals surface area contributed by atoms with E-state index in [1.165, 1.54) is 11.8 Å². The second kappa shape index (κ2) is 3.32. The molecule has 0 aromatic heterocycles. The number of hydrazone groups is 1. The van der Waals surface area contributed by atoms with Crippen molar-refractivity contribution < 1.29 is 5.11 Å². The van der Waals surface area contributed by atoms with Gasteiger partial charge < -0.3 is 10.4 Å². The predicted octanol–water partition coefficient (Wildman–Crippen LogP) is -0.0882. The Morgan fingerprint density at radius 3 is 2.82 bits per heavy atom. The lowest BCUT2D eigenvalue weighted by Gasteiger charge is -2.15. The minimum atomic E-state index is -0.625. The van der Waals surface area contributed by atoms with Crippen LogP contribution in [0.25, 0.3) is 0 Å². The smallest absolute Gasteiger partial charge is 0.234 e. The van der Waals surface area contributed by atoms with Crippen LogP contribution >= 0.6 is 11.8 Å².